The van der Waals surface area contributed by atoms with Crippen LogP contribution < -0.4 is 24.4 Å². The predicted molar refractivity (Wildman–Crippen MR) is 127 cm³/mol. The van der Waals surface area contributed by atoms with E-state index in [9.17, 15) is 19.7 Å². The van der Waals surface area contributed by atoms with E-state index in [1.54, 1.807) is 43.3 Å². The summed E-state index contributed by atoms with van der Waals surface area (Å²) in [7, 11) is 3.05. The lowest BCUT2D eigenvalue weighted by atomic mass is 9.92. The summed E-state index contributed by atoms with van der Waals surface area (Å²) >= 11 is 1.16. The highest BCUT2D eigenvalue weighted by Gasteiger charge is 2.32. The number of allylic oxidation sites excluding steroid dienone is 2. The second-order valence-electron chi connectivity index (χ2n) is 7.60. The Balaban J connectivity index is 1.98. The smallest absolute Gasteiger partial charge is 0.271 e. The summed E-state index contributed by atoms with van der Waals surface area (Å²) in [6.07, 6.45) is 1.59. The average Bonchev–Trinajstić information content (AvgIpc) is 3.12. The second kappa shape index (κ2) is 9.06. The number of carbonyl (C=O) groups excluding carboxylic acids is 1. The summed E-state index contributed by atoms with van der Waals surface area (Å²) in [6, 6.07) is 10.5. The van der Waals surface area contributed by atoms with Crippen molar-refractivity contribution in [2.75, 3.05) is 14.2 Å². The van der Waals surface area contributed by atoms with Crippen molar-refractivity contribution in [3.05, 3.63) is 94.7 Å². The Labute approximate surface area is 198 Å². The molecule has 2 aromatic carbocycles. The first-order valence-electron chi connectivity index (χ1n) is 10.2. The fourth-order valence-electron chi connectivity index (χ4n) is 3.99. The number of ketones is 1. The molecule has 1 aliphatic rings. The summed E-state index contributed by atoms with van der Waals surface area (Å²) in [5.41, 5.74) is 1.60. The molecule has 4 rings (SSSR count). The van der Waals surface area contributed by atoms with E-state index in [1.807, 2.05) is 0 Å². The molecule has 0 saturated carbocycles. The number of thiazole rings is 1. The Morgan fingerprint density at radius 1 is 1.21 bits per heavy atom. The minimum atomic E-state index is -0.748. The molecule has 0 spiro atoms. The number of fused-ring (bicyclic) bond motifs is 1. The van der Waals surface area contributed by atoms with Crippen molar-refractivity contribution in [1.82, 2.24) is 4.57 Å². The number of nitrogens with zero attached hydrogens (tertiary/aromatic N) is 3. The van der Waals surface area contributed by atoms with Gasteiger partial charge in [-0.05, 0) is 37.6 Å². The number of ether oxygens (including phenoxy) is 2. The van der Waals surface area contributed by atoms with Crippen LogP contribution in [0.1, 0.15) is 31.0 Å². The number of nitro groups is 1. The molecule has 1 aromatic heterocycles. The van der Waals surface area contributed by atoms with Crippen LogP contribution in [-0.4, -0.2) is 29.5 Å². The highest BCUT2D eigenvalue weighted by molar-refractivity contribution is 7.07. The highest BCUT2D eigenvalue weighted by Crippen LogP contribution is 2.37. The lowest BCUT2D eigenvalue weighted by molar-refractivity contribution is -0.384. The van der Waals surface area contributed by atoms with E-state index in [2.05, 4.69) is 4.99 Å². The van der Waals surface area contributed by atoms with Gasteiger partial charge in [0.25, 0.3) is 11.2 Å². The number of benzene rings is 2. The van der Waals surface area contributed by atoms with Crippen LogP contribution in [0.25, 0.3) is 6.08 Å². The summed E-state index contributed by atoms with van der Waals surface area (Å²) in [6.45, 7) is 3.17. The molecule has 0 unspecified atom stereocenters. The molecular formula is C24H21N3O6S. The monoisotopic (exact) mass is 479 g/mol. The topological polar surface area (TPSA) is 113 Å². The van der Waals surface area contributed by atoms with Crippen molar-refractivity contribution in [2.24, 2.45) is 4.99 Å². The molecule has 3 aromatic rings. The molecule has 0 bridgehead atoms. The van der Waals surface area contributed by atoms with Crippen LogP contribution in [0.2, 0.25) is 0 Å². The molecule has 174 valence electrons. The Hall–Kier alpha value is -4.05. The third kappa shape index (κ3) is 4.03. The molecule has 1 atom stereocenters. The molecule has 1 aliphatic heterocycles. The van der Waals surface area contributed by atoms with Crippen molar-refractivity contribution in [1.29, 1.82) is 0 Å². The van der Waals surface area contributed by atoms with Gasteiger partial charge in [0.2, 0.25) is 0 Å². The SMILES string of the molecule is COc1ccc([C@@H]2C(C(C)=O)=C(C)N=c3s/c(=C\c4cccc([N+](=O)[O-])c4)c(=O)n32)c(OC)c1. The van der Waals surface area contributed by atoms with Gasteiger partial charge in [-0.2, -0.15) is 0 Å². The van der Waals surface area contributed by atoms with E-state index in [0.717, 1.165) is 11.3 Å². The maximum absolute atomic E-state index is 13.6. The molecule has 9 nitrogen and oxygen atoms in total. The molecule has 0 saturated heterocycles. The van der Waals surface area contributed by atoms with E-state index in [0.29, 0.717) is 43.2 Å². The summed E-state index contributed by atoms with van der Waals surface area (Å²) in [4.78, 5) is 41.8. The largest absolute Gasteiger partial charge is 0.497 e. The summed E-state index contributed by atoms with van der Waals surface area (Å²) in [5.74, 6) is 0.826. The second-order valence-corrected chi connectivity index (χ2v) is 8.61. The van der Waals surface area contributed by atoms with Gasteiger partial charge in [-0.25, -0.2) is 4.99 Å². The Morgan fingerprint density at radius 3 is 2.62 bits per heavy atom. The third-order valence-corrected chi connectivity index (χ3v) is 6.50. The normalized spacial score (nSPS) is 15.5. The molecule has 0 N–H and O–H groups in total. The number of rotatable bonds is 6. The van der Waals surface area contributed by atoms with Gasteiger partial charge in [0, 0.05) is 35.0 Å². The van der Waals surface area contributed by atoms with Gasteiger partial charge in [-0.15, -0.1) is 0 Å². The van der Waals surface area contributed by atoms with Crippen molar-refractivity contribution in [3.8, 4) is 11.5 Å². The van der Waals surface area contributed by atoms with Gasteiger partial charge in [0.05, 0.1) is 29.7 Å². The average molecular weight is 480 g/mol. The fourth-order valence-corrected chi connectivity index (χ4v) is 5.04. The van der Waals surface area contributed by atoms with Gasteiger partial charge >= 0.3 is 0 Å². The van der Waals surface area contributed by atoms with Crippen LogP contribution in [0.15, 0.2) is 63.5 Å². The van der Waals surface area contributed by atoms with E-state index in [1.165, 1.54) is 37.8 Å². The first-order valence-corrected chi connectivity index (χ1v) is 11.1. The minimum Gasteiger partial charge on any atom is -0.497 e. The molecule has 0 fully saturated rings. The molecule has 10 heteroatoms. The van der Waals surface area contributed by atoms with Gasteiger partial charge in [0.1, 0.15) is 11.5 Å². The molecule has 34 heavy (non-hydrogen) atoms. The first kappa shape index (κ1) is 23.1. The van der Waals surface area contributed by atoms with E-state index < -0.39 is 11.0 Å². The fraction of sp³-hybridized carbons (Fsp3) is 0.208. The predicted octanol–water partition coefficient (Wildman–Crippen LogP) is 2.75. The Morgan fingerprint density at radius 2 is 1.97 bits per heavy atom. The zero-order valence-electron chi connectivity index (χ0n) is 18.9. The molecule has 0 amide bonds. The number of Topliss-reactive ketones (excluding diaryl/α,β-unsaturated/α-hetero) is 1. The van der Waals surface area contributed by atoms with Crippen LogP contribution in [0.5, 0.6) is 11.5 Å². The number of non-ortho nitro benzene ring substituents is 1. The summed E-state index contributed by atoms with van der Waals surface area (Å²) in [5, 5.41) is 11.1. The third-order valence-electron chi connectivity index (χ3n) is 5.52. The van der Waals surface area contributed by atoms with E-state index in [-0.39, 0.29) is 17.0 Å². The van der Waals surface area contributed by atoms with Crippen molar-refractivity contribution in [3.63, 3.8) is 0 Å². The standard InChI is InChI=1S/C24H21N3O6S/c1-13-21(14(2)28)22(18-9-8-17(32-3)12-19(18)33-4)26-23(29)20(34-24(26)25-13)11-15-6-5-7-16(10-15)27(30)31/h5-12,22H,1-4H3/b20-11-/t22-/m1/s1. The Bertz CT molecular complexity index is 1530. The van der Waals surface area contributed by atoms with Crippen molar-refractivity contribution >= 4 is 28.9 Å². The first-order chi connectivity index (χ1) is 16.2. The quantitative estimate of drug-likeness (QED) is 0.397. The molecule has 0 radical (unpaired) electrons. The number of aromatic nitrogens is 1. The Kier molecular flexibility index (Phi) is 6.16. The van der Waals surface area contributed by atoms with Crippen LogP contribution >= 0.6 is 11.3 Å². The minimum absolute atomic E-state index is 0.0721. The number of carbonyl (C=O) groups is 1. The molecular weight excluding hydrogens is 458 g/mol. The van der Waals surface area contributed by atoms with Gasteiger partial charge in [-0.1, -0.05) is 23.5 Å². The van der Waals surface area contributed by atoms with Crippen LogP contribution in [0.4, 0.5) is 5.69 Å². The molecule has 0 aliphatic carbocycles. The van der Waals surface area contributed by atoms with Crippen LogP contribution in [0, 0.1) is 10.1 Å². The maximum Gasteiger partial charge on any atom is 0.271 e. The zero-order chi connectivity index (χ0) is 24.6. The summed E-state index contributed by atoms with van der Waals surface area (Å²) < 4.78 is 12.7. The van der Waals surface area contributed by atoms with Crippen molar-refractivity contribution < 1.29 is 19.2 Å². The van der Waals surface area contributed by atoms with E-state index in [4.69, 9.17) is 9.47 Å². The van der Waals surface area contributed by atoms with Crippen LogP contribution in [0.3, 0.4) is 0 Å². The van der Waals surface area contributed by atoms with Gasteiger partial charge in [-0.3, -0.25) is 24.3 Å². The number of hydrogen-bond acceptors (Lipinski definition) is 8. The number of hydrogen-bond donors (Lipinski definition) is 0. The van der Waals surface area contributed by atoms with Crippen LogP contribution in [-0.2, 0) is 4.79 Å². The van der Waals surface area contributed by atoms with Gasteiger partial charge in [0.15, 0.2) is 10.6 Å². The highest BCUT2D eigenvalue weighted by atomic mass is 32.1. The van der Waals surface area contributed by atoms with Crippen molar-refractivity contribution in [2.45, 2.75) is 19.9 Å². The number of methoxy groups -OCH3 is 2. The molecule has 2 heterocycles. The zero-order valence-corrected chi connectivity index (χ0v) is 19.7. The van der Waals surface area contributed by atoms with Gasteiger partial charge < -0.3 is 9.47 Å². The number of nitro benzene ring substituents is 1. The maximum atomic E-state index is 13.6. The lowest BCUT2D eigenvalue weighted by Crippen LogP contribution is -2.39. The lowest BCUT2D eigenvalue weighted by Gasteiger charge is -2.26. The van der Waals surface area contributed by atoms with E-state index >= 15 is 0 Å².